The van der Waals surface area contributed by atoms with Gasteiger partial charge in [-0.3, -0.25) is 10.1 Å². The summed E-state index contributed by atoms with van der Waals surface area (Å²) < 4.78 is 14.8. The highest BCUT2D eigenvalue weighted by Crippen LogP contribution is 2.16. The van der Waals surface area contributed by atoms with Crippen molar-refractivity contribution in [3.8, 4) is 11.5 Å². The second-order valence-corrected chi connectivity index (χ2v) is 3.75. The van der Waals surface area contributed by atoms with Crippen molar-refractivity contribution in [1.29, 1.82) is 0 Å². The topological polar surface area (TPSA) is 103 Å². The molecule has 0 spiro atoms. The number of hydrogen-bond acceptors (Lipinski definition) is 6. The van der Waals surface area contributed by atoms with E-state index in [0.717, 1.165) is 0 Å². The molecule has 0 heterocycles. The lowest BCUT2D eigenvalue weighted by atomic mass is 10.3. The zero-order valence-corrected chi connectivity index (χ0v) is 11.7. The second-order valence-electron chi connectivity index (χ2n) is 3.75. The van der Waals surface area contributed by atoms with Gasteiger partial charge in [-0.25, -0.2) is 9.59 Å². The molecule has 0 aliphatic carbocycles. The van der Waals surface area contributed by atoms with Crippen molar-refractivity contribution in [1.82, 2.24) is 10.6 Å². The second kappa shape index (κ2) is 8.41. The molecule has 0 aromatic heterocycles. The number of esters is 1. The first-order valence-corrected chi connectivity index (χ1v) is 5.99. The SMILES string of the molecule is CNC(=O)NC(=O)COC(=O)COc1ccc(OC)cc1. The highest BCUT2D eigenvalue weighted by Gasteiger charge is 2.10. The standard InChI is InChI=1S/C13H16N2O6/c1-14-13(18)15-11(16)7-21-12(17)8-20-10-5-3-9(19-2)4-6-10/h3-6H,7-8H2,1-2H3,(H2,14,15,16,18). The number of rotatable bonds is 6. The van der Waals surface area contributed by atoms with E-state index in [4.69, 9.17) is 9.47 Å². The van der Waals surface area contributed by atoms with Crippen molar-refractivity contribution < 1.29 is 28.6 Å². The predicted molar refractivity (Wildman–Crippen MR) is 72.0 cm³/mol. The zero-order valence-electron chi connectivity index (χ0n) is 11.7. The average Bonchev–Trinajstić information content (AvgIpc) is 2.51. The summed E-state index contributed by atoms with van der Waals surface area (Å²) in [5, 5.41) is 4.14. The van der Waals surface area contributed by atoms with E-state index in [-0.39, 0.29) is 6.61 Å². The fourth-order valence-corrected chi connectivity index (χ4v) is 1.23. The minimum atomic E-state index is -0.729. The van der Waals surface area contributed by atoms with Gasteiger partial charge in [-0.1, -0.05) is 0 Å². The zero-order chi connectivity index (χ0) is 15.7. The monoisotopic (exact) mass is 296 g/mol. The summed E-state index contributed by atoms with van der Waals surface area (Å²) in [6.45, 7) is -0.905. The molecule has 8 nitrogen and oxygen atoms in total. The van der Waals surface area contributed by atoms with Crippen molar-refractivity contribution in [3.05, 3.63) is 24.3 Å². The van der Waals surface area contributed by atoms with Crippen molar-refractivity contribution in [2.24, 2.45) is 0 Å². The van der Waals surface area contributed by atoms with E-state index in [1.165, 1.54) is 14.2 Å². The minimum Gasteiger partial charge on any atom is -0.497 e. The summed E-state index contributed by atoms with van der Waals surface area (Å²) in [4.78, 5) is 33.3. The Morgan fingerprint density at radius 2 is 1.67 bits per heavy atom. The Morgan fingerprint density at radius 1 is 1.05 bits per heavy atom. The summed E-state index contributed by atoms with van der Waals surface area (Å²) in [5.41, 5.74) is 0. The third kappa shape index (κ3) is 6.28. The van der Waals surface area contributed by atoms with Crippen LogP contribution < -0.4 is 20.1 Å². The van der Waals surface area contributed by atoms with E-state index in [0.29, 0.717) is 11.5 Å². The molecule has 3 amide bonds. The molecule has 1 aromatic carbocycles. The lowest BCUT2D eigenvalue weighted by molar-refractivity contribution is -0.150. The van der Waals surface area contributed by atoms with Crippen molar-refractivity contribution in [3.63, 3.8) is 0 Å². The Hall–Kier alpha value is -2.77. The van der Waals surface area contributed by atoms with E-state index in [1.54, 1.807) is 24.3 Å². The molecule has 0 saturated heterocycles. The quantitative estimate of drug-likeness (QED) is 0.720. The number of carbonyl (C=O) groups excluding carboxylic acids is 3. The van der Waals surface area contributed by atoms with E-state index in [1.807, 2.05) is 5.32 Å². The molecule has 0 aliphatic heterocycles. The molecule has 0 atom stereocenters. The van der Waals surface area contributed by atoms with Crippen molar-refractivity contribution in [2.45, 2.75) is 0 Å². The average molecular weight is 296 g/mol. The van der Waals surface area contributed by atoms with E-state index < -0.39 is 24.5 Å². The number of urea groups is 1. The molecule has 8 heteroatoms. The molecule has 2 N–H and O–H groups in total. The van der Waals surface area contributed by atoms with Crippen LogP contribution in [-0.4, -0.2) is 45.3 Å². The maximum Gasteiger partial charge on any atom is 0.344 e. The maximum atomic E-state index is 11.3. The lowest BCUT2D eigenvalue weighted by Gasteiger charge is -2.07. The summed E-state index contributed by atoms with van der Waals surface area (Å²) in [7, 11) is 2.90. The van der Waals surface area contributed by atoms with Gasteiger partial charge in [-0.15, -0.1) is 0 Å². The summed E-state index contributed by atoms with van der Waals surface area (Å²) in [6.07, 6.45) is 0. The number of imide groups is 1. The van der Waals surface area contributed by atoms with Gasteiger partial charge in [-0.05, 0) is 24.3 Å². The molecule has 1 aromatic rings. The number of ether oxygens (including phenoxy) is 3. The Kier molecular flexibility index (Phi) is 6.52. The van der Waals surface area contributed by atoms with Crippen LogP contribution in [0, 0.1) is 0 Å². The summed E-state index contributed by atoms with van der Waals surface area (Å²) >= 11 is 0. The first-order valence-electron chi connectivity index (χ1n) is 5.99. The van der Waals surface area contributed by atoms with Gasteiger partial charge in [0.2, 0.25) is 0 Å². The van der Waals surface area contributed by atoms with Crippen molar-refractivity contribution >= 4 is 17.9 Å². The number of amides is 3. The molecule has 0 bridgehead atoms. The van der Waals surface area contributed by atoms with Gasteiger partial charge in [-0.2, -0.15) is 0 Å². The number of benzene rings is 1. The molecule has 0 unspecified atom stereocenters. The largest absolute Gasteiger partial charge is 0.497 e. The van der Waals surface area contributed by atoms with E-state index in [2.05, 4.69) is 10.1 Å². The van der Waals surface area contributed by atoms with Crippen LogP contribution >= 0.6 is 0 Å². The molecule has 21 heavy (non-hydrogen) atoms. The first kappa shape index (κ1) is 16.3. The van der Waals surface area contributed by atoms with Gasteiger partial charge < -0.3 is 19.5 Å². The van der Waals surface area contributed by atoms with Gasteiger partial charge in [0, 0.05) is 7.05 Å². The number of hydrogen-bond donors (Lipinski definition) is 2. The van der Waals surface area contributed by atoms with Crippen LogP contribution in [0.5, 0.6) is 11.5 Å². The van der Waals surface area contributed by atoms with Crippen LogP contribution in [0.3, 0.4) is 0 Å². The normalized spacial score (nSPS) is 9.43. The van der Waals surface area contributed by atoms with Gasteiger partial charge >= 0.3 is 12.0 Å². The molecule has 0 saturated carbocycles. The lowest BCUT2D eigenvalue weighted by Crippen LogP contribution is -2.40. The van der Waals surface area contributed by atoms with Crippen molar-refractivity contribution in [2.75, 3.05) is 27.4 Å². The van der Waals surface area contributed by atoms with Gasteiger partial charge in [0.25, 0.3) is 5.91 Å². The Morgan fingerprint density at radius 3 is 2.24 bits per heavy atom. The molecule has 0 aliphatic rings. The van der Waals surface area contributed by atoms with Crippen LogP contribution in [-0.2, 0) is 14.3 Å². The first-order chi connectivity index (χ1) is 10.0. The highest BCUT2D eigenvalue weighted by atomic mass is 16.6. The van der Waals surface area contributed by atoms with Crippen LogP contribution in [0.2, 0.25) is 0 Å². The summed E-state index contributed by atoms with van der Waals surface area (Å²) in [6, 6.07) is 5.94. The molecular weight excluding hydrogens is 280 g/mol. The maximum absolute atomic E-state index is 11.3. The van der Waals surface area contributed by atoms with E-state index >= 15 is 0 Å². The Bertz CT molecular complexity index is 500. The smallest absolute Gasteiger partial charge is 0.344 e. The number of nitrogens with one attached hydrogen (secondary N) is 2. The van der Waals surface area contributed by atoms with Crippen LogP contribution in [0.1, 0.15) is 0 Å². The molecule has 0 radical (unpaired) electrons. The third-order valence-electron chi connectivity index (χ3n) is 2.26. The molecule has 114 valence electrons. The number of carbonyl (C=O) groups is 3. The Balaban J connectivity index is 2.27. The van der Waals surface area contributed by atoms with Crippen LogP contribution in [0.25, 0.3) is 0 Å². The third-order valence-corrected chi connectivity index (χ3v) is 2.26. The molecule has 0 fully saturated rings. The molecular formula is C13H16N2O6. The van der Waals surface area contributed by atoms with Crippen LogP contribution in [0.4, 0.5) is 4.79 Å². The van der Waals surface area contributed by atoms with Gasteiger partial charge in [0.05, 0.1) is 7.11 Å². The highest BCUT2D eigenvalue weighted by molar-refractivity contribution is 5.95. The fourth-order valence-electron chi connectivity index (χ4n) is 1.23. The Labute approximate surface area is 121 Å². The van der Waals surface area contributed by atoms with Crippen LogP contribution in [0.15, 0.2) is 24.3 Å². The fraction of sp³-hybridized carbons (Fsp3) is 0.308. The predicted octanol–water partition coefficient (Wildman–Crippen LogP) is 0.0728. The molecule has 1 rings (SSSR count). The van der Waals surface area contributed by atoms with Gasteiger partial charge in [0.15, 0.2) is 13.2 Å². The minimum absolute atomic E-state index is 0.348. The van der Waals surface area contributed by atoms with Gasteiger partial charge in [0.1, 0.15) is 11.5 Å². The summed E-state index contributed by atoms with van der Waals surface area (Å²) in [5.74, 6) is -0.330. The van der Waals surface area contributed by atoms with E-state index in [9.17, 15) is 14.4 Å². The number of methoxy groups -OCH3 is 1.